The maximum atomic E-state index is 5.56. The number of benzene rings is 3. The molecule has 5 heteroatoms. The van der Waals surface area contributed by atoms with Crippen molar-refractivity contribution in [3.05, 3.63) is 82.3 Å². The van der Waals surface area contributed by atoms with Crippen molar-refractivity contribution in [3.63, 3.8) is 0 Å². The van der Waals surface area contributed by atoms with Crippen molar-refractivity contribution >= 4 is 33.0 Å². The average molecular weight is 421 g/mol. The molecule has 0 bridgehead atoms. The van der Waals surface area contributed by atoms with Gasteiger partial charge in [0.25, 0.3) is 0 Å². The topological polar surface area (TPSA) is 42.9 Å². The minimum absolute atomic E-state index is 0.121. The SMILES string of the molecule is Brc1cccc(C2CC(c3ccc4c(c3)OCO4)=Nc3ccccc3N2)c1. The van der Waals surface area contributed by atoms with E-state index in [0.29, 0.717) is 0 Å². The summed E-state index contributed by atoms with van der Waals surface area (Å²) < 4.78 is 12.1. The molecule has 134 valence electrons. The van der Waals surface area contributed by atoms with E-state index in [1.807, 2.05) is 36.4 Å². The van der Waals surface area contributed by atoms with Crippen LogP contribution in [0.2, 0.25) is 0 Å². The molecule has 2 heterocycles. The number of rotatable bonds is 2. The molecule has 1 unspecified atom stereocenters. The molecule has 3 aromatic rings. The predicted octanol–water partition coefficient (Wildman–Crippen LogP) is 5.86. The van der Waals surface area contributed by atoms with Crippen LogP contribution in [0.5, 0.6) is 11.5 Å². The van der Waals surface area contributed by atoms with E-state index in [9.17, 15) is 0 Å². The first-order valence-corrected chi connectivity index (χ1v) is 9.64. The third-order valence-corrected chi connectivity index (χ3v) is 5.34. The summed E-state index contributed by atoms with van der Waals surface area (Å²) in [5, 5.41) is 3.66. The van der Waals surface area contributed by atoms with Gasteiger partial charge in [-0.1, -0.05) is 40.2 Å². The van der Waals surface area contributed by atoms with Crippen LogP contribution < -0.4 is 14.8 Å². The van der Waals surface area contributed by atoms with E-state index < -0.39 is 0 Å². The fraction of sp³-hybridized carbons (Fsp3) is 0.136. The van der Waals surface area contributed by atoms with Gasteiger partial charge < -0.3 is 14.8 Å². The zero-order chi connectivity index (χ0) is 18.2. The van der Waals surface area contributed by atoms with E-state index in [1.54, 1.807) is 0 Å². The van der Waals surface area contributed by atoms with Gasteiger partial charge in [0.05, 0.1) is 23.1 Å². The Bertz CT molecular complexity index is 1050. The van der Waals surface area contributed by atoms with Gasteiger partial charge in [-0.3, -0.25) is 4.99 Å². The summed E-state index contributed by atoms with van der Waals surface area (Å²) in [6.07, 6.45) is 0.769. The van der Waals surface area contributed by atoms with E-state index in [2.05, 4.69) is 51.6 Å². The highest BCUT2D eigenvalue weighted by atomic mass is 79.9. The van der Waals surface area contributed by atoms with Gasteiger partial charge in [-0.2, -0.15) is 0 Å². The van der Waals surface area contributed by atoms with Gasteiger partial charge >= 0.3 is 0 Å². The molecular formula is C22H17BrN2O2. The van der Waals surface area contributed by atoms with Crippen molar-refractivity contribution < 1.29 is 9.47 Å². The molecular weight excluding hydrogens is 404 g/mol. The van der Waals surface area contributed by atoms with Crippen molar-refractivity contribution in [1.29, 1.82) is 0 Å². The number of anilines is 1. The quantitative estimate of drug-likeness (QED) is 0.564. The number of fused-ring (bicyclic) bond motifs is 2. The minimum Gasteiger partial charge on any atom is -0.454 e. The third-order valence-electron chi connectivity index (χ3n) is 4.84. The minimum atomic E-state index is 0.121. The van der Waals surface area contributed by atoms with Crippen LogP contribution in [0.4, 0.5) is 11.4 Å². The Hall–Kier alpha value is -2.79. The molecule has 0 saturated carbocycles. The normalized spacial score (nSPS) is 17.5. The van der Waals surface area contributed by atoms with E-state index in [4.69, 9.17) is 14.5 Å². The number of para-hydroxylation sites is 2. The maximum absolute atomic E-state index is 5.56. The van der Waals surface area contributed by atoms with Gasteiger partial charge in [-0.15, -0.1) is 0 Å². The molecule has 2 aliphatic rings. The van der Waals surface area contributed by atoms with Gasteiger partial charge in [-0.05, 0) is 53.6 Å². The van der Waals surface area contributed by atoms with Crippen LogP contribution in [-0.2, 0) is 0 Å². The fourth-order valence-corrected chi connectivity index (χ4v) is 3.92. The lowest BCUT2D eigenvalue weighted by molar-refractivity contribution is 0.174. The lowest BCUT2D eigenvalue weighted by Crippen LogP contribution is -2.14. The fourth-order valence-electron chi connectivity index (χ4n) is 3.50. The highest BCUT2D eigenvalue weighted by Gasteiger charge is 2.23. The Morgan fingerprint density at radius 3 is 2.74 bits per heavy atom. The molecule has 0 aromatic heterocycles. The Balaban J connectivity index is 1.60. The number of nitrogens with one attached hydrogen (secondary N) is 1. The summed E-state index contributed by atoms with van der Waals surface area (Å²) in [4.78, 5) is 4.98. The molecule has 0 aliphatic carbocycles. The molecule has 27 heavy (non-hydrogen) atoms. The van der Waals surface area contributed by atoms with Gasteiger partial charge in [0, 0.05) is 10.9 Å². The van der Waals surface area contributed by atoms with Crippen LogP contribution in [0.3, 0.4) is 0 Å². The lowest BCUT2D eigenvalue weighted by Gasteiger charge is -2.19. The first-order chi connectivity index (χ1) is 13.3. The Morgan fingerprint density at radius 2 is 1.81 bits per heavy atom. The third kappa shape index (κ3) is 3.19. The van der Waals surface area contributed by atoms with Crippen LogP contribution in [0, 0.1) is 0 Å². The molecule has 0 amide bonds. The van der Waals surface area contributed by atoms with Crippen molar-refractivity contribution in [2.24, 2.45) is 4.99 Å². The number of ether oxygens (including phenoxy) is 2. The zero-order valence-electron chi connectivity index (χ0n) is 14.5. The number of hydrogen-bond acceptors (Lipinski definition) is 4. The molecule has 0 radical (unpaired) electrons. The second-order valence-electron chi connectivity index (χ2n) is 6.60. The molecule has 2 aliphatic heterocycles. The van der Waals surface area contributed by atoms with Crippen molar-refractivity contribution in [2.45, 2.75) is 12.5 Å². The number of aliphatic imine (C=N–C) groups is 1. The molecule has 5 rings (SSSR count). The van der Waals surface area contributed by atoms with Gasteiger partial charge in [0.2, 0.25) is 6.79 Å². The maximum Gasteiger partial charge on any atom is 0.231 e. The Morgan fingerprint density at radius 1 is 0.926 bits per heavy atom. The highest BCUT2D eigenvalue weighted by Crippen LogP contribution is 2.38. The Kier molecular flexibility index (Phi) is 4.09. The molecule has 0 spiro atoms. The van der Waals surface area contributed by atoms with Crippen LogP contribution in [0.1, 0.15) is 23.6 Å². The van der Waals surface area contributed by atoms with Gasteiger partial charge in [-0.25, -0.2) is 0 Å². The monoisotopic (exact) mass is 420 g/mol. The lowest BCUT2D eigenvalue weighted by atomic mass is 9.97. The molecule has 4 nitrogen and oxygen atoms in total. The largest absolute Gasteiger partial charge is 0.454 e. The van der Waals surface area contributed by atoms with Crippen molar-refractivity contribution in [2.75, 3.05) is 12.1 Å². The molecule has 1 N–H and O–H groups in total. The van der Waals surface area contributed by atoms with E-state index >= 15 is 0 Å². The van der Waals surface area contributed by atoms with Crippen LogP contribution in [0.15, 0.2) is 76.2 Å². The number of halogens is 1. The summed E-state index contributed by atoms with van der Waals surface area (Å²) in [6.45, 7) is 0.274. The molecule has 0 fully saturated rings. The summed E-state index contributed by atoms with van der Waals surface area (Å²) in [5.74, 6) is 1.56. The van der Waals surface area contributed by atoms with Crippen LogP contribution in [-0.4, -0.2) is 12.5 Å². The van der Waals surface area contributed by atoms with Crippen LogP contribution >= 0.6 is 15.9 Å². The predicted molar refractivity (Wildman–Crippen MR) is 110 cm³/mol. The van der Waals surface area contributed by atoms with Crippen LogP contribution in [0.25, 0.3) is 0 Å². The first kappa shape index (κ1) is 16.4. The van der Waals surface area contributed by atoms with Gasteiger partial charge in [0.15, 0.2) is 11.5 Å². The average Bonchev–Trinajstić information content (AvgIpc) is 3.06. The molecule has 0 saturated heterocycles. The second kappa shape index (κ2) is 6.74. The highest BCUT2D eigenvalue weighted by molar-refractivity contribution is 9.10. The molecule has 1 atom stereocenters. The number of hydrogen-bond donors (Lipinski definition) is 1. The van der Waals surface area contributed by atoms with E-state index in [1.165, 1.54) is 5.56 Å². The van der Waals surface area contributed by atoms with Crippen molar-refractivity contribution in [3.8, 4) is 11.5 Å². The smallest absolute Gasteiger partial charge is 0.231 e. The second-order valence-corrected chi connectivity index (χ2v) is 7.52. The van der Waals surface area contributed by atoms with E-state index in [0.717, 1.165) is 45.0 Å². The molecule has 3 aromatic carbocycles. The summed E-state index contributed by atoms with van der Waals surface area (Å²) in [6, 6.07) is 22.7. The summed E-state index contributed by atoms with van der Waals surface area (Å²) in [5.41, 5.74) is 5.28. The summed E-state index contributed by atoms with van der Waals surface area (Å²) >= 11 is 3.59. The standard InChI is InChI=1S/C22H17BrN2O2/c23-16-5-3-4-14(10-16)19-12-20(25-18-7-2-1-6-17(18)24-19)15-8-9-21-22(11-15)27-13-26-21/h1-11,19,24H,12-13H2. The van der Waals surface area contributed by atoms with Gasteiger partial charge in [0.1, 0.15) is 0 Å². The first-order valence-electron chi connectivity index (χ1n) is 8.85. The van der Waals surface area contributed by atoms with E-state index in [-0.39, 0.29) is 12.8 Å². The zero-order valence-corrected chi connectivity index (χ0v) is 16.1. The summed E-state index contributed by atoms with van der Waals surface area (Å²) in [7, 11) is 0. The number of nitrogens with zero attached hydrogens (tertiary/aromatic N) is 1. The Labute approximate surface area is 166 Å². The van der Waals surface area contributed by atoms with Crippen molar-refractivity contribution in [1.82, 2.24) is 0 Å².